The van der Waals surface area contributed by atoms with E-state index in [2.05, 4.69) is 0 Å². The maximum Gasteiger partial charge on any atom is 0.471 e. The fourth-order valence-corrected chi connectivity index (χ4v) is 1.75. The van der Waals surface area contributed by atoms with Crippen LogP contribution in [0.2, 0.25) is 0 Å². The van der Waals surface area contributed by atoms with E-state index in [-0.39, 0.29) is 11.3 Å². The maximum absolute atomic E-state index is 12.4. The Labute approximate surface area is 114 Å². The highest BCUT2D eigenvalue weighted by molar-refractivity contribution is 5.82. The first kappa shape index (κ1) is 16.3. The summed E-state index contributed by atoms with van der Waals surface area (Å²) < 4.78 is 42.2. The Morgan fingerprint density at radius 2 is 1.85 bits per heavy atom. The molecule has 1 atom stereocenters. The van der Waals surface area contributed by atoms with Gasteiger partial charge in [0.15, 0.2) is 0 Å². The highest BCUT2D eigenvalue weighted by Gasteiger charge is 2.43. The van der Waals surface area contributed by atoms with Crippen LogP contribution >= 0.6 is 0 Å². The van der Waals surface area contributed by atoms with E-state index in [1.54, 1.807) is 17.4 Å². The first-order valence-electron chi connectivity index (χ1n) is 5.80. The third-order valence-electron chi connectivity index (χ3n) is 2.69. The van der Waals surface area contributed by atoms with Crippen LogP contribution in [0.4, 0.5) is 13.2 Å². The number of benzene rings is 1. The van der Waals surface area contributed by atoms with Gasteiger partial charge in [-0.15, -0.1) is 0 Å². The fourth-order valence-electron chi connectivity index (χ4n) is 1.75. The molecule has 0 heterocycles. The van der Waals surface area contributed by atoms with E-state index < -0.39 is 23.7 Å². The Morgan fingerprint density at radius 1 is 1.30 bits per heavy atom. The molecule has 4 nitrogen and oxygen atoms in total. The van der Waals surface area contributed by atoms with Crippen molar-refractivity contribution in [3.05, 3.63) is 29.8 Å². The summed E-state index contributed by atoms with van der Waals surface area (Å²) in [4.78, 5) is 11.1. The number of aliphatic hydroxyl groups is 1. The largest absolute Gasteiger partial charge is 0.496 e. The summed E-state index contributed by atoms with van der Waals surface area (Å²) in [6.07, 6.45) is -5.02. The van der Waals surface area contributed by atoms with Gasteiger partial charge < -0.3 is 15.2 Å². The number of halogens is 3. The third-order valence-corrected chi connectivity index (χ3v) is 2.69. The molecule has 7 heteroatoms. The van der Waals surface area contributed by atoms with Crippen molar-refractivity contribution in [3.8, 4) is 5.75 Å². The fraction of sp³-hybridized carbons (Fsp3) is 0.462. The second-order valence-corrected chi connectivity index (χ2v) is 4.80. The summed E-state index contributed by atoms with van der Waals surface area (Å²) in [7, 11) is 1.35. The molecule has 20 heavy (non-hydrogen) atoms. The van der Waals surface area contributed by atoms with Crippen molar-refractivity contribution in [2.45, 2.75) is 31.7 Å². The minimum absolute atomic E-state index is 0.264. The minimum Gasteiger partial charge on any atom is -0.496 e. The number of amides is 1. The molecule has 1 rings (SSSR count). The SMILES string of the molecule is COc1ccccc1C(NC(=O)C(F)(F)F)C(C)(C)O. The van der Waals surface area contributed by atoms with Crippen LogP contribution in [0, 0.1) is 0 Å². The van der Waals surface area contributed by atoms with Crippen LogP contribution < -0.4 is 10.1 Å². The van der Waals surface area contributed by atoms with Gasteiger partial charge in [0.05, 0.1) is 18.8 Å². The number of para-hydroxylation sites is 1. The second kappa shape index (κ2) is 5.70. The number of hydrogen-bond acceptors (Lipinski definition) is 3. The topological polar surface area (TPSA) is 58.6 Å². The monoisotopic (exact) mass is 291 g/mol. The van der Waals surface area contributed by atoms with Crippen LogP contribution in [0.1, 0.15) is 25.5 Å². The van der Waals surface area contributed by atoms with Gasteiger partial charge in [0.1, 0.15) is 5.75 Å². The lowest BCUT2D eigenvalue weighted by Crippen LogP contribution is -2.47. The lowest BCUT2D eigenvalue weighted by atomic mass is 9.91. The van der Waals surface area contributed by atoms with E-state index in [0.717, 1.165) is 0 Å². The molecular formula is C13H16F3NO3. The molecule has 0 radical (unpaired) electrons. The number of ether oxygens (including phenoxy) is 1. The molecule has 112 valence electrons. The van der Waals surface area contributed by atoms with Crippen LogP contribution in [0.25, 0.3) is 0 Å². The van der Waals surface area contributed by atoms with E-state index in [9.17, 15) is 23.1 Å². The van der Waals surface area contributed by atoms with Crippen molar-refractivity contribution in [1.29, 1.82) is 0 Å². The van der Waals surface area contributed by atoms with Crippen molar-refractivity contribution >= 4 is 5.91 Å². The van der Waals surface area contributed by atoms with Crippen molar-refractivity contribution in [2.75, 3.05) is 7.11 Å². The minimum atomic E-state index is -5.02. The Balaban J connectivity index is 3.18. The van der Waals surface area contributed by atoms with Crippen LogP contribution in [0.5, 0.6) is 5.75 Å². The van der Waals surface area contributed by atoms with E-state index in [1.165, 1.54) is 33.1 Å². The Hall–Kier alpha value is -1.76. The smallest absolute Gasteiger partial charge is 0.471 e. The first-order valence-corrected chi connectivity index (χ1v) is 5.80. The lowest BCUT2D eigenvalue weighted by molar-refractivity contribution is -0.176. The average molecular weight is 291 g/mol. The zero-order valence-corrected chi connectivity index (χ0v) is 11.3. The molecule has 1 amide bonds. The molecule has 0 fully saturated rings. The third kappa shape index (κ3) is 3.86. The molecule has 0 aliphatic rings. The van der Waals surface area contributed by atoms with Gasteiger partial charge >= 0.3 is 12.1 Å². The summed E-state index contributed by atoms with van der Waals surface area (Å²) in [5.74, 6) is -1.84. The summed E-state index contributed by atoms with van der Waals surface area (Å²) in [5.41, 5.74) is -1.34. The van der Waals surface area contributed by atoms with Crippen molar-refractivity contribution in [3.63, 3.8) is 0 Å². The highest BCUT2D eigenvalue weighted by Crippen LogP contribution is 2.33. The molecule has 2 N–H and O–H groups in total. The molecule has 0 spiro atoms. The quantitative estimate of drug-likeness (QED) is 0.894. The molecule has 1 unspecified atom stereocenters. The van der Waals surface area contributed by atoms with Crippen molar-refractivity contribution in [1.82, 2.24) is 5.32 Å². The zero-order chi connectivity index (χ0) is 15.6. The normalized spacial score (nSPS) is 13.8. The highest BCUT2D eigenvalue weighted by atomic mass is 19.4. The molecule has 0 aliphatic carbocycles. The lowest BCUT2D eigenvalue weighted by Gasteiger charge is -2.31. The van der Waals surface area contributed by atoms with Gasteiger partial charge in [-0.3, -0.25) is 4.79 Å². The van der Waals surface area contributed by atoms with E-state index in [1.807, 2.05) is 0 Å². The zero-order valence-electron chi connectivity index (χ0n) is 11.3. The van der Waals surface area contributed by atoms with E-state index >= 15 is 0 Å². The number of hydrogen-bond donors (Lipinski definition) is 2. The second-order valence-electron chi connectivity index (χ2n) is 4.80. The summed E-state index contributed by atoms with van der Waals surface area (Å²) in [5, 5.41) is 11.8. The molecule has 0 saturated heterocycles. The molecule has 1 aromatic carbocycles. The molecule has 0 aliphatic heterocycles. The van der Waals surface area contributed by atoms with Crippen molar-refractivity contribution in [2.24, 2.45) is 0 Å². The molecule has 0 saturated carbocycles. The molecule has 1 aromatic rings. The summed E-state index contributed by atoms with van der Waals surface area (Å²) in [6.45, 7) is 2.61. The Bertz CT molecular complexity index is 480. The average Bonchev–Trinajstić information content (AvgIpc) is 2.33. The van der Waals surface area contributed by atoms with Gasteiger partial charge in [-0.2, -0.15) is 13.2 Å². The predicted molar refractivity (Wildman–Crippen MR) is 66.2 cm³/mol. The molecule has 0 bridgehead atoms. The first-order chi connectivity index (χ1) is 9.07. The van der Waals surface area contributed by atoms with E-state index in [0.29, 0.717) is 0 Å². The van der Waals surface area contributed by atoms with Gasteiger partial charge in [0.25, 0.3) is 0 Å². The van der Waals surface area contributed by atoms with Gasteiger partial charge in [0.2, 0.25) is 0 Å². The number of methoxy groups -OCH3 is 1. The van der Waals surface area contributed by atoms with Crippen LogP contribution in [0.3, 0.4) is 0 Å². The number of rotatable bonds is 4. The summed E-state index contributed by atoms with van der Waals surface area (Å²) in [6, 6.07) is 4.98. The van der Waals surface area contributed by atoms with Crippen LogP contribution in [-0.2, 0) is 4.79 Å². The number of alkyl halides is 3. The number of carbonyl (C=O) groups excluding carboxylic acids is 1. The number of nitrogens with one attached hydrogen (secondary N) is 1. The van der Waals surface area contributed by atoms with Crippen molar-refractivity contribution < 1.29 is 27.8 Å². The standard InChI is InChI=1S/C13H16F3NO3/c1-12(2,19)10(17-11(18)13(14,15)16)8-6-4-5-7-9(8)20-3/h4-7,10,19H,1-3H3,(H,17,18). The van der Waals surface area contributed by atoms with Crippen LogP contribution in [0.15, 0.2) is 24.3 Å². The maximum atomic E-state index is 12.4. The van der Waals surface area contributed by atoms with Gasteiger partial charge in [-0.05, 0) is 19.9 Å². The van der Waals surface area contributed by atoms with E-state index in [4.69, 9.17) is 4.74 Å². The van der Waals surface area contributed by atoms with Gasteiger partial charge in [-0.1, -0.05) is 18.2 Å². The summed E-state index contributed by atoms with van der Waals surface area (Å²) >= 11 is 0. The van der Waals surface area contributed by atoms with Gasteiger partial charge in [0, 0.05) is 5.56 Å². The Kier molecular flexibility index (Phi) is 4.65. The Morgan fingerprint density at radius 3 is 2.30 bits per heavy atom. The molecular weight excluding hydrogens is 275 g/mol. The predicted octanol–water partition coefficient (Wildman–Crippen LogP) is 2.19. The van der Waals surface area contributed by atoms with Crippen LogP contribution in [-0.4, -0.2) is 29.9 Å². The number of carbonyl (C=O) groups is 1. The van der Waals surface area contributed by atoms with Gasteiger partial charge in [-0.25, -0.2) is 0 Å². The molecule has 0 aromatic heterocycles.